The van der Waals surface area contributed by atoms with E-state index in [1.807, 2.05) is 12.1 Å². The van der Waals surface area contributed by atoms with Crippen LogP contribution in [0, 0.1) is 11.8 Å². The molecule has 25 heavy (non-hydrogen) atoms. The zero-order valence-corrected chi connectivity index (χ0v) is 16.2. The normalized spacial score (nSPS) is 27.6. The Kier molecular flexibility index (Phi) is 8.48. The summed E-state index contributed by atoms with van der Waals surface area (Å²) in [4.78, 5) is 12.2. The number of aromatic hydroxyl groups is 1. The lowest BCUT2D eigenvalue weighted by molar-refractivity contribution is -0.122. The fourth-order valence-corrected chi connectivity index (χ4v) is 3.92. The van der Waals surface area contributed by atoms with Crippen LogP contribution in [-0.4, -0.2) is 30.1 Å². The number of hydrogen-bond donors (Lipinski definition) is 4. The Morgan fingerprint density at radius 3 is 2.84 bits per heavy atom. The number of hydrogen-bond acceptors (Lipinski definition) is 4. The van der Waals surface area contributed by atoms with Gasteiger partial charge in [-0.15, -0.1) is 24.8 Å². The van der Waals surface area contributed by atoms with Gasteiger partial charge in [0, 0.05) is 30.6 Å². The number of amides is 1. The number of rotatable bonds is 4. The Morgan fingerprint density at radius 2 is 2.16 bits per heavy atom. The van der Waals surface area contributed by atoms with Crippen LogP contribution < -0.4 is 16.4 Å². The molecule has 4 unspecified atom stereocenters. The van der Waals surface area contributed by atoms with Crippen LogP contribution in [0.15, 0.2) is 18.2 Å². The van der Waals surface area contributed by atoms with Gasteiger partial charge in [-0.3, -0.25) is 4.79 Å². The average Bonchev–Trinajstić information content (AvgIpc) is 2.83. The van der Waals surface area contributed by atoms with Gasteiger partial charge in [-0.25, -0.2) is 0 Å². The molecule has 1 aliphatic heterocycles. The minimum atomic E-state index is -0.209. The van der Waals surface area contributed by atoms with Gasteiger partial charge in [-0.05, 0) is 49.3 Å². The highest BCUT2D eigenvalue weighted by molar-refractivity contribution is 5.85. The SMILES string of the molecule is CC1CCNC(CC(=O)NCC2Cc3cccc(O)c3C2N)C1.Cl.Cl. The molecule has 0 bridgehead atoms. The number of nitrogens with one attached hydrogen (secondary N) is 2. The van der Waals surface area contributed by atoms with Crippen molar-refractivity contribution in [2.75, 3.05) is 13.1 Å². The van der Waals surface area contributed by atoms with Crippen molar-refractivity contribution in [2.45, 2.75) is 44.7 Å². The topological polar surface area (TPSA) is 87.4 Å². The van der Waals surface area contributed by atoms with E-state index in [0.29, 0.717) is 18.9 Å². The molecule has 1 aliphatic carbocycles. The predicted molar refractivity (Wildman–Crippen MR) is 105 cm³/mol. The van der Waals surface area contributed by atoms with Gasteiger partial charge in [0.15, 0.2) is 0 Å². The molecule has 0 saturated carbocycles. The van der Waals surface area contributed by atoms with E-state index in [1.54, 1.807) is 6.07 Å². The summed E-state index contributed by atoms with van der Waals surface area (Å²) in [6.45, 7) is 3.81. The molecule has 5 N–H and O–H groups in total. The molecule has 1 fully saturated rings. The molecule has 1 aromatic rings. The molecule has 2 aliphatic rings. The highest BCUT2D eigenvalue weighted by Gasteiger charge is 2.32. The van der Waals surface area contributed by atoms with Gasteiger partial charge in [-0.2, -0.15) is 0 Å². The van der Waals surface area contributed by atoms with E-state index in [2.05, 4.69) is 17.6 Å². The monoisotopic (exact) mass is 389 g/mol. The number of halogens is 2. The first-order valence-electron chi connectivity index (χ1n) is 8.61. The summed E-state index contributed by atoms with van der Waals surface area (Å²) in [5.41, 5.74) is 8.20. The van der Waals surface area contributed by atoms with Crippen LogP contribution in [0.1, 0.15) is 43.4 Å². The van der Waals surface area contributed by atoms with Crippen molar-refractivity contribution in [3.8, 4) is 5.75 Å². The van der Waals surface area contributed by atoms with Crippen molar-refractivity contribution in [1.29, 1.82) is 0 Å². The van der Waals surface area contributed by atoms with Gasteiger partial charge in [0.1, 0.15) is 5.75 Å². The first-order chi connectivity index (χ1) is 11.0. The molecule has 142 valence electrons. The van der Waals surface area contributed by atoms with E-state index in [9.17, 15) is 9.90 Å². The fourth-order valence-electron chi connectivity index (χ4n) is 3.92. The summed E-state index contributed by atoms with van der Waals surface area (Å²) < 4.78 is 0. The fraction of sp³-hybridized carbons (Fsp3) is 0.611. The van der Waals surface area contributed by atoms with E-state index in [4.69, 9.17) is 5.73 Å². The van der Waals surface area contributed by atoms with Crippen molar-refractivity contribution >= 4 is 30.7 Å². The number of piperidine rings is 1. The van der Waals surface area contributed by atoms with Crippen molar-refractivity contribution < 1.29 is 9.90 Å². The van der Waals surface area contributed by atoms with Crippen molar-refractivity contribution in [3.05, 3.63) is 29.3 Å². The number of phenolic OH excluding ortho intramolecular Hbond substituents is 1. The number of fused-ring (bicyclic) bond motifs is 1. The molecular weight excluding hydrogens is 361 g/mol. The molecule has 1 aromatic carbocycles. The molecule has 0 spiro atoms. The molecule has 0 radical (unpaired) electrons. The number of carbonyl (C=O) groups is 1. The number of phenols is 1. The lowest BCUT2D eigenvalue weighted by Gasteiger charge is -2.28. The maximum absolute atomic E-state index is 12.2. The third kappa shape index (κ3) is 5.23. The molecule has 1 saturated heterocycles. The smallest absolute Gasteiger partial charge is 0.221 e. The Labute approximate surface area is 162 Å². The van der Waals surface area contributed by atoms with Crippen molar-refractivity contribution in [1.82, 2.24) is 10.6 Å². The minimum Gasteiger partial charge on any atom is -0.508 e. The summed E-state index contributed by atoms with van der Waals surface area (Å²) in [5, 5.41) is 16.4. The summed E-state index contributed by atoms with van der Waals surface area (Å²) in [6.07, 6.45) is 3.60. The zero-order chi connectivity index (χ0) is 16.4. The van der Waals surface area contributed by atoms with E-state index in [1.165, 1.54) is 6.42 Å². The van der Waals surface area contributed by atoms with Crippen LogP contribution in [0.3, 0.4) is 0 Å². The van der Waals surface area contributed by atoms with E-state index in [0.717, 1.165) is 30.5 Å². The molecule has 1 heterocycles. The van der Waals surface area contributed by atoms with Gasteiger partial charge in [-0.1, -0.05) is 19.1 Å². The highest BCUT2D eigenvalue weighted by atomic mass is 35.5. The van der Waals surface area contributed by atoms with Crippen LogP contribution in [0.4, 0.5) is 0 Å². The second-order valence-electron chi connectivity index (χ2n) is 7.13. The van der Waals surface area contributed by atoms with Crippen LogP contribution in [0.25, 0.3) is 0 Å². The molecule has 4 atom stereocenters. The standard InChI is InChI=1S/C18H27N3O2.2ClH/c1-11-5-6-20-14(7-11)9-16(23)21-10-13-8-12-3-2-4-15(22)17(12)18(13)19;;/h2-4,11,13-14,18,20,22H,5-10,19H2,1H3,(H,21,23);2*1H. The third-order valence-corrected chi connectivity index (χ3v) is 5.25. The summed E-state index contributed by atoms with van der Waals surface area (Å²) in [6, 6.07) is 5.61. The van der Waals surface area contributed by atoms with Gasteiger partial charge in [0.2, 0.25) is 5.91 Å². The molecule has 7 heteroatoms. The molecular formula is C18H29Cl2N3O2. The number of carbonyl (C=O) groups excluding carboxylic acids is 1. The second kappa shape index (κ2) is 9.62. The number of benzene rings is 1. The van der Waals surface area contributed by atoms with Crippen LogP contribution in [-0.2, 0) is 11.2 Å². The Morgan fingerprint density at radius 1 is 1.40 bits per heavy atom. The lowest BCUT2D eigenvalue weighted by Crippen LogP contribution is -2.42. The quantitative estimate of drug-likeness (QED) is 0.636. The maximum atomic E-state index is 12.2. The van der Waals surface area contributed by atoms with Gasteiger partial charge >= 0.3 is 0 Å². The second-order valence-corrected chi connectivity index (χ2v) is 7.13. The Hall–Kier alpha value is -1.01. The Bertz CT molecular complexity index is 585. The van der Waals surface area contributed by atoms with Crippen molar-refractivity contribution in [3.63, 3.8) is 0 Å². The van der Waals surface area contributed by atoms with E-state index >= 15 is 0 Å². The molecule has 5 nitrogen and oxygen atoms in total. The average molecular weight is 390 g/mol. The molecule has 3 rings (SSSR count). The summed E-state index contributed by atoms with van der Waals surface area (Å²) in [5.74, 6) is 1.20. The van der Waals surface area contributed by atoms with Crippen LogP contribution in [0.2, 0.25) is 0 Å². The van der Waals surface area contributed by atoms with Gasteiger partial charge < -0.3 is 21.5 Å². The zero-order valence-electron chi connectivity index (χ0n) is 14.5. The Balaban J connectivity index is 0.00000156. The largest absolute Gasteiger partial charge is 0.508 e. The van der Waals surface area contributed by atoms with E-state index in [-0.39, 0.29) is 54.5 Å². The summed E-state index contributed by atoms with van der Waals surface area (Å²) in [7, 11) is 0. The van der Waals surface area contributed by atoms with Gasteiger partial charge in [0.25, 0.3) is 0 Å². The minimum absolute atomic E-state index is 0. The lowest BCUT2D eigenvalue weighted by atomic mass is 9.92. The van der Waals surface area contributed by atoms with Gasteiger partial charge in [0.05, 0.1) is 0 Å². The van der Waals surface area contributed by atoms with Crippen LogP contribution in [0.5, 0.6) is 5.75 Å². The summed E-state index contributed by atoms with van der Waals surface area (Å²) >= 11 is 0. The molecule has 1 amide bonds. The number of nitrogens with two attached hydrogens (primary N) is 1. The highest BCUT2D eigenvalue weighted by Crippen LogP contribution is 2.39. The third-order valence-electron chi connectivity index (χ3n) is 5.25. The van der Waals surface area contributed by atoms with E-state index < -0.39 is 0 Å². The van der Waals surface area contributed by atoms with Crippen LogP contribution >= 0.6 is 24.8 Å². The first-order valence-corrected chi connectivity index (χ1v) is 8.61. The molecule has 0 aromatic heterocycles. The van der Waals surface area contributed by atoms with Crippen molar-refractivity contribution in [2.24, 2.45) is 17.6 Å². The first kappa shape index (κ1) is 22.0. The maximum Gasteiger partial charge on any atom is 0.221 e. The predicted octanol–water partition coefficient (Wildman–Crippen LogP) is 2.30.